The third kappa shape index (κ3) is 3.79. The van der Waals surface area contributed by atoms with Crippen molar-refractivity contribution in [1.82, 2.24) is 24.8 Å². The molecule has 1 aliphatic rings. The topological polar surface area (TPSA) is 147 Å². The van der Waals surface area contributed by atoms with Gasteiger partial charge in [-0.15, -0.1) is 0 Å². The maximum Gasteiger partial charge on any atom is 0.328 e. The number of aromatic nitrogens is 4. The van der Waals surface area contributed by atoms with Crippen LogP contribution in [0.2, 0.25) is 0 Å². The fourth-order valence-corrected chi connectivity index (χ4v) is 2.31. The quantitative estimate of drug-likeness (QED) is 0.606. The maximum atomic E-state index is 12.0. The Morgan fingerprint density at radius 2 is 2.00 bits per heavy atom. The molecule has 1 aliphatic carbocycles. The molecule has 0 unspecified atom stereocenters. The summed E-state index contributed by atoms with van der Waals surface area (Å²) in [5, 5.41) is 11.7. The fourth-order valence-electron chi connectivity index (χ4n) is 2.31. The summed E-state index contributed by atoms with van der Waals surface area (Å²) in [7, 11) is 0. The van der Waals surface area contributed by atoms with Crippen LogP contribution in [0.5, 0.6) is 0 Å². The largest absolute Gasteiger partial charge is 0.480 e. The first-order valence-electron chi connectivity index (χ1n) is 7.58. The third-order valence-corrected chi connectivity index (χ3v) is 3.82. The van der Waals surface area contributed by atoms with E-state index in [1.165, 1.54) is 24.9 Å². The van der Waals surface area contributed by atoms with Crippen LogP contribution >= 0.6 is 0 Å². The molecule has 0 aliphatic heterocycles. The molecule has 10 nitrogen and oxygen atoms in total. The first-order chi connectivity index (χ1) is 12.0. The van der Waals surface area contributed by atoms with Gasteiger partial charge in [0.15, 0.2) is 0 Å². The van der Waals surface area contributed by atoms with Gasteiger partial charge in [0.1, 0.15) is 12.4 Å². The Kier molecular flexibility index (Phi) is 4.42. The van der Waals surface area contributed by atoms with Gasteiger partial charge in [-0.05, 0) is 12.8 Å². The number of nitrogens with zero attached hydrogens (tertiary/aromatic N) is 3. The van der Waals surface area contributed by atoms with Crippen molar-refractivity contribution in [3.63, 3.8) is 0 Å². The van der Waals surface area contributed by atoms with Gasteiger partial charge < -0.3 is 10.4 Å². The summed E-state index contributed by atoms with van der Waals surface area (Å²) < 4.78 is 1.04. The number of carboxylic acid groups (broad SMARTS) is 1. The Bertz CT molecular complexity index is 916. The monoisotopic (exact) mass is 345 g/mol. The van der Waals surface area contributed by atoms with Gasteiger partial charge in [0.25, 0.3) is 5.56 Å². The molecule has 1 saturated carbocycles. The number of nitrogens with one attached hydrogen (secondary N) is 2. The number of hydrogen-bond acceptors (Lipinski definition) is 6. The fraction of sp³-hybridized carbons (Fsp3) is 0.333. The number of rotatable bonds is 6. The highest BCUT2D eigenvalue weighted by Gasteiger charge is 2.32. The SMILES string of the molecule is O=C(N[C@@H](Cn1cc(-c2cncnc2)c(=O)[nH]c1=O)C(=O)O)C1CC1. The van der Waals surface area contributed by atoms with Crippen LogP contribution in [0.3, 0.4) is 0 Å². The van der Waals surface area contributed by atoms with E-state index in [0.717, 1.165) is 17.4 Å². The summed E-state index contributed by atoms with van der Waals surface area (Å²) in [4.78, 5) is 56.9. The van der Waals surface area contributed by atoms with Crippen LogP contribution in [0.1, 0.15) is 12.8 Å². The van der Waals surface area contributed by atoms with Crippen molar-refractivity contribution < 1.29 is 14.7 Å². The molecule has 0 aromatic carbocycles. The number of hydrogen-bond donors (Lipinski definition) is 3. The third-order valence-electron chi connectivity index (χ3n) is 3.82. The second-order valence-corrected chi connectivity index (χ2v) is 5.76. The van der Waals surface area contributed by atoms with Crippen LogP contribution in [-0.2, 0) is 16.1 Å². The summed E-state index contributed by atoms with van der Waals surface area (Å²) in [6.07, 6.45) is 6.79. The minimum absolute atomic E-state index is 0.123. The molecule has 130 valence electrons. The zero-order valence-electron chi connectivity index (χ0n) is 13.0. The van der Waals surface area contributed by atoms with Crippen LogP contribution in [-0.4, -0.2) is 42.5 Å². The van der Waals surface area contributed by atoms with Gasteiger partial charge in [0.2, 0.25) is 5.91 Å². The van der Waals surface area contributed by atoms with E-state index in [2.05, 4.69) is 20.3 Å². The Morgan fingerprint density at radius 1 is 1.32 bits per heavy atom. The van der Waals surface area contributed by atoms with Crippen molar-refractivity contribution >= 4 is 11.9 Å². The normalized spacial score (nSPS) is 14.7. The van der Waals surface area contributed by atoms with E-state index in [1.807, 2.05) is 0 Å². The highest BCUT2D eigenvalue weighted by Crippen LogP contribution is 2.28. The van der Waals surface area contributed by atoms with Gasteiger partial charge in [0.05, 0.1) is 12.1 Å². The smallest absolute Gasteiger partial charge is 0.328 e. The van der Waals surface area contributed by atoms with Gasteiger partial charge in [-0.25, -0.2) is 19.6 Å². The zero-order valence-corrected chi connectivity index (χ0v) is 13.0. The van der Waals surface area contributed by atoms with E-state index in [0.29, 0.717) is 5.56 Å². The van der Waals surface area contributed by atoms with Crippen molar-refractivity contribution in [1.29, 1.82) is 0 Å². The Balaban J connectivity index is 1.90. The highest BCUT2D eigenvalue weighted by molar-refractivity contribution is 5.86. The van der Waals surface area contributed by atoms with E-state index in [4.69, 9.17) is 0 Å². The van der Waals surface area contributed by atoms with Gasteiger partial charge in [0, 0.05) is 30.1 Å². The van der Waals surface area contributed by atoms with E-state index in [9.17, 15) is 24.3 Å². The summed E-state index contributed by atoms with van der Waals surface area (Å²) in [5.74, 6) is -1.77. The molecule has 10 heteroatoms. The average molecular weight is 345 g/mol. The number of aromatic amines is 1. The van der Waals surface area contributed by atoms with E-state index < -0.39 is 23.3 Å². The predicted molar refractivity (Wildman–Crippen MR) is 84.6 cm³/mol. The Morgan fingerprint density at radius 3 is 2.60 bits per heavy atom. The summed E-state index contributed by atoms with van der Waals surface area (Å²) in [6, 6.07) is -1.28. The lowest BCUT2D eigenvalue weighted by Crippen LogP contribution is -2.46. The molecular weight excluding hydrogens is 330 g/mol. The van der Waals surface area contributed by atoms with E-state index in [-0.39, 0.29) is 23.9 Å². The zero-order chi connectivity index (χ0) is 18.0. The second kappa shape index (κ2) is 6.67. The molecule has 1 amide bonds. The maximum absolute atomic E-state index is 12.0. The number of carbonyl (C=O) groups is 2. The molecule has 3 N–H and O–H groups in total. The van der Waals surface area contributed by atoms with Gasteiger partial charge in [-0.2, -0.15) is 0 Å². The second-order valence-electron chi connectivity index (χ2n) is 5.76. The molecular formula is C15H15N5O5. The van der Waals surface area contributed by atoms with Crippen molar-refractivity contribution in [2.75, 3.05) is 0 Å². The molecule has 25 heavy (non-hydrogen) atoms. The van der Waals surface area contributed by atoms with E-state index >= 15 is 0 Å². The molecule has 0 saturated heterocycles. The van der Waals surface area contributed by atoms with E-state index in [1.54, 1.807) is 0 Å². The van der Waals surface area contributed by atoms with Crippen molar-refractivity contribution in [3.05, 3.63) is 45.8 Å². The highest BCUT2D eigenvalue weighted by atomic mass is 16.4. The van der Waals surface area contributed by atoms with Crippen LogP contribution in [0, 0.1) is 5.92 Å². The lowest BCUT2D eigenvalue weighted by Gasteiger charge is -2.16. The lowest BCUT2D eigenvalue weighted by molar-refractivity contribution is -0.142. The molecule has 0 bridgehead atoms. The van der Waals surface area contributed by atoms with Crippen molar-refractivity contribution in [2.45, 2.75) is 25.4 Å². The van der Waals surface area contributed by atoms with Gasteiger partial charge in [-0.1, -0.05) is 0 Å². The molecule has 3 rings (SSSR count). The number of carbonyl (C=O) groups excluding carboxylic acids is 1. The number of carboxylic acids is 1. The minimum Gasteiger partial charge on any atom is -0.480 e. The summed E-state index contributed by atoms with van der Waals surface area (Å²) in [6.45, 7) is -0.315. The average Bonchev–Trinajstić information content (AvgIpc) is 3.42. The predicted octanol–water partition coefficient (Wildman–Crippen LogP) is -1.03. The summed E-state index contributed by atoms with van der Waals surface area (Å²) >= 11 is 0. The van der Waals surface area contributed by atoms with Crippen molar-refractivity contribution in [2.24, 2.45) is 5.92 Å². The molecule has 0 spiro atoms. The Hall–Kier alpha value is -3.30. The molecule has 1 atom stereocenters. The number of aliphatic carboxylic acids is 1. The molecule has 2 heterocycles. The van der Waals surface area contributed by atoms with Crippen LogP contribution in [0.15, 0.2) is 34.5 Å². The molecule has 0 radical (unpaired) electrons. The lowest BCUT2D eigenvalue weighted by atomic mass is 10.2. The Labute approximate surface area is 140 Å². The first kappa shape index (κ1) is 16.6. The minimum atomic E-state index is -1.28. The number of H-pyrrole nitrogens is 1. The van der Waals surface area contributed by atoms with Crippen molar-refractivity contribution in [3.8, 4) is 11.1 Å². The molecule has 2 aromatic heterocycles. The number of amides is 1. The van der Waals surface area contributed by atoms with Crippen LogP contribution in [0.25, 0.3) is 11.1 Å². The first-order valence-corrected chi connectivity index (χ1v) is 7.58. The molecule has 1 fully saturated rings. The van der Waals surface area contributed by atoms with Gasteiger partial charge >= 0.3 is 11.7 Å². The van der Waals surface area contributed by atoms with Crippen LogP contribution in [0.4, 0.5) is 0 Å². The van der Waals surface area contributed by atoms with Gasteiger partial charge in [-0.3, -0.25) is 19.1 Å². The molecule has 2 aromatic rings. The summed E-state index contributed by atoms with van der Waals surface area (Å²) in [5.41, 5.74) is -0.897. The van der Waals surface area contributed by atoms with Crippen LogP contribution < -0.4 is 16.6 Å². The standard InChI is InChI=1S/C15H15N5O5/c21-12(8-1-2-8)18-11(14(23)24)6-20-5-10(13(22)19-15(20)25)9-3-16-7-17-4-9/h3-5,7-8,11H,1-2,6H2,(H,18,21)(H,23,24)(H,19,22,25)/t11-/m0/s1.